The lowest BCUT2D eigenvalue weighted by Gasteiger charge is -2.35. The maximum Gasteiger partial charge on any atom is 0.508 e. The molecule has 0 bridgehead atoms. The highest BCUT2D eigenvalue weighted by molar-refractivity contribution is 5.79. The summed E-state index contributed by atoms with van der Waals surface area (Å²) < 4.78 is 21.0. The first-order valence-electron chi connectivity index (χ1n) is 8.54. The lowest BCUT2D eigenvalue weighted by Crippen LogP contribution is -2.41. The molecule has 25 heavy (non-hydrogen) atoms. The van der Waals surface area contributed by atoms with Gasteiger partial charge in [0.05, 0.1) is 19.3 Å². The molecule has 0 saturated carbocycles. The van der Waals surface area contributed by atoms with Crippen LogP contribution in [0.15, 0.2) is 16.4 Å². The summed E-state index contributed by atoms with van der Waals surface area (Å²) in [5, 5.41) is 16.5. The fourth-order valence-electron chi connectivity index (χ4n) is 2.85. The predicted octanol–water partition coefficient (Wildman–Crippen LogP) is 2.37. The summed E-state index contributed by atoms with van der Waals surface area (Å²) >= 11 is 0. The van der Waals surface area contributed by atoms with E-state index in [2.05, 4.69) is 23.7 Å². The average molecular weight is 356 g/mol. The number of methoxy groups -OCH3 is 1. The van der Waals surface area contributed by atoms with Gasteiger partial charge in [-0.2, -0.15) is 0 Å². The minimum absolute atomic E-state index is 0.00618. The number of aliphatic hydroxyl groups excluding tert-OH is 1. The minimum atomic E-state index is -0.776. The van der Waals surface area contributed by atoms with Gasteiger partial charge in [0.1, 0.15) is 6.61 Å². The van der Waals surface area contributed by atoms with Gasteiger partial charge in [0.15, 0.2) is 0 Å². The average Bonchev–Trinajstić information content (AvgIpc) is 2.55. The molecule has 0 aromatic heterocycles. The normalized spacial score (nSPS) is 27.2. The van der Waals surface area contributed by atoms with Gasteiger partial charge in [0.25, 0.3) is 0 Å². The van der Waals surface area contributed by atoms with Gasteiger partial charge < -0.3 is 24.1 Å². The van der Waals surface area contributed by atoms with Crippen molar-refractivity contribution in [2.24, 2.45) is 5.10 Å². The molecule has 8 nitrogen and oxygen atoms in total. The number of allylic oxidation sites excluding steroid dienone is 1. The molecule has 2 aliphatic heterocycles. The molecule has 142 valence electrons. The molecular formula is C17H28N2O6. The number of nitrogens with zero attached hydrogens (tertiary/aromatic N) is 2. The van der Waals surface area contributed by atoms with Crippen molar-refractivity contribution in [1.82, 2.24) is 5.01 Å². The molecular weight excluding hydrogens is 328 g/mol. The van der Waals surface area contributed by atoms with Gasteiger partial charge in [-0.05, 0) is 33.3 Å². The molecule has 1 saturated heterocycles. The molecule has 0 radical (unpaired) electrons. The molecule has 1 N–H and O–H groups in total. The summed E-state index contributed by atoms with van der Waals surface area (Å²) in [6, 6.07) is 0.216. The highest BCUT2D eigenvalue weighted by Crippen LogP contribution is 2.26. The van der Waals surface area contributed by atoms with Gasteiger partial charge in [-0.25, -0.2) is 4.79 Å². The second kappa shape index (κ2) is 8.53. The lowest BCUT2D eigenvalue weighted by molar-refractivity contribution is -0.192. The van der Waals surface area contributed by atoms with Crippen LogP contribution in [0.4, 0.5) is 4.79 Å². The third-order valence-electron chi connectivity index (χ3n) is 4.25. The van der Waals surface area contributed by atoms with E-state index in [1.54, 1.807) is 0 Å². The molecule has 2 aliphatic rings. The molecule has 0 aromatic carbocycles. The Morgan fingerprint density at radius 1 is 1.40 bits per heavy atom. The van der Waals surface area contributed by atoms with Gasteiger partial charge >= 0.3 is 6.16 Å². The van der Waals surface area contributed by atoms with Crippen molar-refractivity contribution >= 4 is 12.1 Å². The highest BCUT2D eigenvalue weighted by atomic mass is 16.7. The second-order valence-electron chi connectivity index (χ2n) is 6.67. The van der Waals surface area contributed by atoms with Crippen molar-refractivity contribution in [3.63, 3.8) is 0 Å². The van der Waals surface area contributed by atoms with Crippen LogP contribution >= 0.6 is 0 Å². The van der Waals surface area contributed by atoms with Gasteiger partial charge in [-0.3, -0.25) is 5.01 Å². The van der Waals surface area contributed by atoms with Gasteiger partial charge in [0, 0.05) is 31.0 Å². The van der Waals surface area contributed by atoms with Gasteiger partial charge in [-0.15, -0.1) is 5.10 Å². The number of carbonyl (C=O) groups is 1. The predicted molar refractivity (Wildman–Crippen MR) is 90.7 cm³/mol. The van der Waals surface area contributed by atoms with Crippen LogP contribution in [0.2, 0.25) is 0 Å². The summed E-state index contributed by atoms with van der Waals surface area (Å²) in [5.41, 5.74) is 2.30. The minimum Gasteiger partial charge on any atom is -0.450 e. The number of rotatable bonds is 4. The van der Waals surface area contributed by atoms with Crippen molar-refractivity contribution in [3.8, 4) is 0 Å². The quantitative estimate of drug-likeness (QED) is 0.773. The van der Waals surface area contributed by atoms with Crippen molar-refractivity contribution in [2.45, 2.75) is 71.5 Å². The molecule has 8 heteroatoms. The molecule has 2 heterocycles. The van der Waals surface area contributed by atoms with Crippen LogP contribution in [-0.4, -0.2) is 60.4 Å². The number of hydrogen-bond donors (Lipinski definition) is 1. The first-order valence-corrected chi connectivity index (χ1v) is 8.54. The van der Waals surface area contributed by atoms with E-state index >= 15 is 0 Å². The Labute approximate surface area is 148 Å². The van der Waals surface area contributed by atoms with Crippen molar-refractivity contribution in [3.05, 3.63) is 11.3 Å². The fourth-order valence-corrected chi connectivity index (χ4v) is 2.85. The van der Waals surface area contributed by atoms with Crippen LogP contribution in [0.3, 0.4) is 0 Å². The summed E-state index contributed by atoms with van der Waals surface area (Å²) in [4.78, 5) is 11.1. The molecule has 3 atom stereocenters. The molecule has 0 aromatic rings. The molecule has 0 spiro atoms. The highest BCUT2D eigenvalue weighted by Gasteiger charge is 2.32. The third-order valence-corrected chi connectivity index (χ3v) is 4.25. The zero-order chi connectivity index (χ0) is 18.6. The van der Waals surface area contributed by atoms with Crippen LogP contribution in [0.1, 0.15) is 47.0 Å². The monoisotopic (exact) mass is 356 g/mol. The zero-order valence-corrected chi connectivity index (χ0v) is 15.5. The molecule has 1 fully saturated rings. The van der Waals surface area contributed by atoms with E-state index in [4.69, 9.17) is 14.2 Å². The topological polar surface area (TPSA) is 89.8 Å². The Balaban J connectivity index is 1.96. The Morgan fingerprint density at radius 2 is 2.12 bits per heavy atom. The summed E-state index contributed by atoms with van der Waals surface area (Å²) in [5.74, 6) is 0.559. The van der Waals surface area contributed by atoms with E-state index in [1.165, 1.54) is 12.7 Å². The van der Waals surface area contributed by atoms with Gasteiger partial charge in [-0.1, -0.05) is 0 Å². The summed E-state index contributed by atoms with van der Waals surface area (Å²) in [7, 11) is 1.24. The van der Waals surface area contributed by atoms with E-state index in [0.29, 0.717) is 25.2 Å². The molecule has 2 rings (SSSR count). The van der Waals surface area contributed by atoms with E-state index in [-0.39, 0.29) is 12.6 Å². The SMILES string of the molecule is COC(=O)OCC1CC(O)CC(OC2=NN(C(C)C)C(C)=C(C)C2)O1. The van der Waals surface area contributed by atoms with Crippen molar-refractivity contribution < 1.29 is 28.8 Å². The van der Waals surface area contributed by atoms with Crippen LogP contribution in [-0.2, 0) is 18.9 Å². The Kier molecular flexibility index (Phi) is 6.66. The Hall–Kier alpha value is -1.80. The molecule has 0 aliphatic carbocycles. The second-order valence-corrected chi connectivity index (χ2v) is 6.67. The number of carbonyl (C=O) groups excluding carboxylic acids is 1. The number of ether oxygens (including phenoxy) is 4. The first-order chi connectivity index (χ1) is 11.8. The maximum absolute atomic E-state index is 11.1. The Morgan fingerprint density at radius 3 is 2.76 bits per heavy atom. The smallest absolute Gasteiger partial charge is 0.450 e. The molecule has 0 amide bonds. The number of hydrazone groups is 1. The van der Waals surface area contributed by atoms with Crippen LogP contribution < -0.4 is 0 Å². The van der Waals surface area contributed by atoms with E-state index in [9.17, 15) is 9.90 Å². The summed E-state index contributed by atoms with van der Waals surface area (Å²) in [6.45, 7) is 8.21. The van der Waals surface area contributed by atoms with Gasteiger partial charge in [0.2, 0.25) is 12.2 Å². The van der Waals surface area contributed by atoms with Crippen LogP contribution in [0.5, 0.6) is 0 Å². The standard InChI is InChI=1S/C17H28N2O6/c1-10(2)19-12(4)11(3)6-15(18-19)25-16-8-13(20)7-14(24-16)9-23-17(21)22-5/h10,13-14,16,20H,6-9H2,1-5H3. The third kappa shape index (κ3) is 5.34. The van der Waals surface area contributed by atoms with Crippen molar-refractivity contribution in [1.29, 1.82) is 0 Å². The van der Waals surface area contributed by atoms with E-state index in [0.717, 1.165) is 5.70 Å². The number of aliphatic hydroxyl groups is 1. The maximum atomic E-state index is 11.1. The van der Waals surface area contributed by atoms with E-state index in [1.807, 2.05) is 18.9 Å². The summed E-state index contributed by atoms with van der Waals surface area (Å²) in [6.07, 6.45) is -1.12. The van der Waals surface area contributed by atoms with Crippen LogP contribution in [0, 0.1) is 0 Å². The fraction of sp³-hybridized carbons (Fsp3) is 0.765. The van der Waals surface area contributed by atoms with Crippen molar-refractivity contribution in [2.75, 3.05) is 13.7 Å². The zero-order valence-electron chi connectivity index (χ0n) is 15.5. The molecule has 3 unspecified atom stereocenters. The number of hydrogen-bond acceptors (Lipinski definition) is 8. The Bertz CT molecular complexity index is 545. The largest absolute Gasteiger partial charge is 0.508 e. The lowest BCUT2D eigenvalue weighted by atomic mass is 10.1. The van der Waals surface area contributed by atoms with E-state index < -0.39 is 24.7 Å². The van der Waals surface area contributed by atoms with Crippen LogP contribution in [0.25, 0.3) is 0 Å². The first kappa shape index (κ1) is 19.5.